The van der Waals surface area contributed by atoms with Gasteiger partial charge in [0.1, 0.15) is 0 Å². The average Bonchev–Trinajstić information content (AvgIpc) is 2.42. The summed E-state index contributed by atoms with van der Waals surface area (Å²) in [4.78, 5) is 22.5. The van der Waals surface area contributed by atoms with Gasteiger partial charge in [0.25, 0.3) is 0 Å². The maximum atomic E-state index is 11.3. The van der Waals surface area contributed by atoms with Crippen LogP contribution in [0.25, 0.3) is 0 Å². The van der Waals surface area contributed by atoms with Crippen molar-refractivity contribution < 1.29 is 35.9 Å². The standard InChI is InChI=1S/C12H22N2O8S2/c1-23(17,18)13-7-3-9-21-11(15)5-6-12(16)22-10-4-8-14-24(2,19)20/h5-6,13-14H,3-4,7-10H2,1-2H3/b6-5+. The van der Waals surface area contributed by atoms with Gasteiger partial charge in [0.15, 0.2) is 0 Å². The Hall–Kier alpha value is -1.50. The van der Waals surface area contributed by atoms with Gasteiger partial charge in [0, 0.05) is 25.2 Å². The fourth-order valence-electron chi connectivity index (χ4n) is 1.24. The molecule has 0 aliphatic rings. The molecule has 0 saturated heterocycles. The molecule has 0 fully saturated rings. The van der Waals surface area contributed by atoms with Crippen LogP contribution in [0.4, 0.5) is 0 Å². The molecule has 0 saturated carbocycles. The molecule has 0 bridgehead atoms. The van der Waals surface area contributed by atoms with E-state index in [0.29, 0.717) is 12.8 Å². The van der Waals surface area contributed by atoms with E-state index in [1.807, 2.05) is 0 Å². The third-order valence-electron chi connectivity index (χ3n) is 2.21. The number of hydrogen-bond acceptors (Lipinski definition) is 8. The van der Waals surface area contributed by atoms with Gasteiger partial charge in [-0.3, -0.25) is 0 Å². The fourth-order valence-corrected chi connectivity index (χ4v) is 2.27. The molecule has 0 aromatic carbocycles. The van der Waals surface area contributed by atoms with Crippen molar-refractivity contribution in [1.29, 1.82) is 0 Å². The number of sulfonamides is 2. The predicted octanol–water partition coefficient (Wildman–Crippen LogP) is -1.49. The molecule has 24 heavy (non-hydrogen) atoms. The van der Waals surface area contributed by atoms with Crippen LogP contribution in [-0.4, -0.2) is 67.6 Å². The summed E-state index contributed by atoms with van der Waals surface area (Å²) in [6.45, 7) is 0.272. The zero-order valence-electron chi connectivity index (χ0n) is 13.5. The molecule has 0 atom stereocenters. The van der Waals surface area contributed by atoms with Crippen LogP contribution in [-0.2, 0) is 39.1 Å². The Labute approximate surface area is 141 Å². The van der Waals surface area contributed by atoms with E-state index in [-0.39, 0.29) is 26.3 Å². The predicted molar refractivity (Wildman–Crippen MR) is 86.0 cm³/mol. The summed E-state index contributed by atoms with van der Waals surface area (Å²) >= 11 is 0. The topological polar surface area (TPSA) is 145 Å². The fraction of sp³-hybridized carbons (Fsp3) is 0.667. The summed E-state index contributed by atoms with van der Waals surface area (Å²) < 4.78 is 57.0. The second-order valence-electron chi connectivity index (χ2n) is 4.71. The molecule has 0 rings (SSSR count). The highest BCUT2D eigenvalue weighted by Gasteiger charge is 2.03. The zero-order chi connectivity index (χ0) is 18.6. The van der Waals surface area contributed by atoms with Crippen LogP contribution in [0.2, 0.25) is 0 Å². The van der Waals surface area contributed by atoms with E-state index >= 15 is 0 Å². The molecule has 10 nitrogen and oxygen atoms in total. The maximum absolute atomic E-state index is 11.3. The lowest BCUT2D eigenvalue weighted by Gasteiger charge is -2.03. The average molecular weight is 386 g/mol. The van der Waals surface area contributed by atoms with Crippen LogP contribution in [0, 0.1) is 0 Å². The maximum Gasteiger partial charge on any atom is 0.331 e. The number of esters is 2. The Morgan fingerprint density at radius 2 is 1.12 bits per heavy atom. The van der Waals surface area contributed by atoms with E-state index in [0.717, 1.165) is 24.7 Å². The molecule has 0 spiro atoms. The molecule has 0 aliphatic carbocycles. The van der Waals surface area contributed by atoms with Crippen LogP contribution in [0.3, 0.4) is 0 Å². The summed E-state index contributed by atoms with van der Waals surface area (Å²) in [6, 6.07) is 0. The van der Waals surface area contributed by atoms with Gasteiger partial charge in [-0.2, -0.15) is 0 Å². The molecule has 0 unspecified atom stereocenters. The van der Waals surface area contributed by atoms with Crippen molar-refractivity contribution in [2.45, 2.75) is 12.8 Å². The van der Waals surface area contributed by atoms with E-state index < -0.39 is 32.0 Å². The first kappa shape index (κ1) is 22.5. The van der Waals surface area contributed by atoms with Gasteiger partial charge in [-0.25, -0.2) is 35.9 Å². The highest BCUT2D eigenvalue weighted by Crippen LogP contribution is 1.90. The van der Waals surface area contributed by atoms with E-state index in [1.165, 1.54) is 0 Å². The molecular weight excluding hydrogens is 364 g/mol. The summed E-state index contributed by atoms with van der Waals surface area (Å²) in [5, 5.41) is 0. The number of carbonyl (C=O) groups is 2. The van der Waals surface area contributed by atoms with Gasteiger partial charge in [-0.05, 0) is 12.8 Å². The van der Waals surface area contributed by atoms with Crippen molar-refractivity contribution in [1.82, 2.24) is 9.44 Å². The lowest BCUT2D eigenvalue weighted by molar-refractivity contribution is -0.140. The van der Waals surface area contributed by atoms with Crippen LogP contribution in [0.15, 0.2) is 12.2 Å². The number of hydrogen-bond donors (Lipinski definition) is 2. The third-order valence-corrected chi connectivity index (χ3v) is 3.67. The van der Waals surface area contributed by atoms with Crippen molar-refractivity contribution in [3.63, 3.8) is 0 Å². The number of nitrogens with one attached hydrogen (secondary N) is 2. The second-order valence-corrected chi connectivity index (χ2v) is 8.37. The SMILES string of the molecule is CS(=O)(=O)NCCCOC(=O)/C=C/C(=O)OCCCNS(C)(=O)=O. The molecule has 0 radical (unpaired) electrons. The van der Waals surface area contributed by atoms with Gasteiger partial charge in [-0.15, -0.1) is 0 Å². The van der Waals surface area contributed by atoms with Crippen molar-refractivity contribution in [2.75, 3.05) is 38.8 Å². The Morgan fingerprint density at radius 3 is 1.42 bits per heavy atom. The zero-order valence-corrected chi connectivity index (χ0v) is 15.1. The summed E-state index contributed by atoms with van der Waals surface area (Å²) in [5.41, 5.74) is 0. The molecule has 0 amide bonds. The first-order valence-corrected chi connectivity index (χ1v) is 10.7. The summed E-state index contributed by atoms with van der Waals surface area (Å²) in [5.74, 6) is -1.52. The quantitative estimate of drug-likeness (QED) is 0.234. The van der Waals surface area contributed by atoms with Gasteiger partial charge < -0.3 is 9.47 Å². The van der Waals surface area contributed by atoms with Crippen molar-refractivity contribution >= 4 is 32.0 Å². The molecule has 140 valence electrons. The second kappa shape index (κ2) is 11.1. The highest BCUT2D eigenvalue weighted by atomic mass is 32.2. The normalized spacial score (nSPS) is 12.2. The van der Waals surface area contributed by atoms with E-state index in [1.54, 1.807) is 0 Å². The van der Waals surface area contributed by atoms with Crippen molar-refractivity contribution in [3.05, 3.63) is 12.2 Å². The molecule has 0 aromatic heterocycles. The lowest BCUT2D eigenvalue weighted by atomic mass is 10.4. The first-order chi connectivity index (χ1) is 11.0. The van der Waals surface area contributed by atoms with Crippen molar-refractivity contribution in [3.8, 4) is 0 Å². The smallest absolute Gasteiger partial charge is 0.331 e. The van der Waals surface area contributed by atoms with Crippen LogP contribution < -0.4 is 9.44 Å². The first-order valence-electron chi connectivity index (χ1n) is 6.90. The molecule has 0 aliphatic heterocycles. The van der Waals surface area contributed by atoms with Crippen molar-refractivity contribution in [2.24, 2.45) is 0 Å². The Morgan fingerprint density at radius 1 is 0.792 bits per heavy atom. The van der Waals surface area contributed by atoms with Crippen LogP contribution >= 0.6 is 0 Å². The number of ether oxygens (including phenoxy) is 2. The third kappa shape index (κ3) is 16.9. The van der Waals surface area contributed by atoms with Crippen LogP contribution in [0.1, 0.15) is 12.8 Å². The summed E-state index contributed by atoms with van der Waals surface area (Å²) in [6.07, 6.45) is 4.41. The van der Waals surface area contributed by atoms with E-state index in [9.17, 15) is 26.4 Å². The van der Waals surface area contributed by atoms with E-state index in [4.69, 9.17) is 9.47 Å². The molecule has 0 heterocycles. The van der Waals surface area contributed by atoms with E-state index in [2.05, 4.69) is 9.44 Å². The Kier molecular flexibility index (Phi) is 10.4. The highest BCUT2D eigenvalue weighted by molar-refractivity contribution is 7.89. The minimum Gasteiger partial charge on any atom is -0.462 e. The molecule has 2 N–H and O–H groups in total. The van der Waals surface area contributed by atoms with Gasteiger partial charge in [0.05, 0.1) is 25.7 Å². The molecule has 12 heteroatoms. The largest absolute Gasteiger partial charge is 0.462 e. The van der Waals surface area contributed by atoms with Gasteiger partial charge in [0.2, 0.25) is 20.0 Å². The van der Waals surface area contributed by atoms with Crippen LogP contribution in [0.5, 0.6) is 0 Å². The minimum absolute atomic E-state index is 0.00208. The number of carbonyl (C=O) groups excluding carboxylic acids is 2. The summed E-state index contributed by atoms with van der Waals surface area (Å²) in [7, 11) is -6.54. The van der Waals surface area contributed by atoms with Gasteiger partial charge >= 0.3 is 11.9 Å². The Bertz CT molecular complexity index is 584. The minimum atomic E-state index is -3.27. The molecular formula is C12H22N2O8S2. The lowest BCUT2D eigenvalue weighted by Crippen LogP contribution is -2.24. The monoisotopic (exact) mass is 386 g/mol. The van der Waals surface area contributed by atoms with Gasteiger partial charge in [-0.1, -0.05) is 0 Å². The Balaban J connectivity index is 3.75. The molecule has 0 aromatic rings. The number of rotatable bonds is 12.